The third kappa shape index (κ3) is 4.53. The number of hydrogen-bond donors (Lipinski definition) is 1. The molecule has 0 aliphatic heterocycles. The lowest BCUT2D eigenvalue weighted by Crippen LogP contribution is -2.30. The smallest absolute Gasteiger partial charge is 0.350 e. The van der Waals surface area contributed by atoms with Crippen molar-refractivity contribution in [3.63, 3.8) is 0 Å². The van der Waals surface area contributed by atoms with E-state index in [1.807, 2.05) is 18.2 Å². The van der Waals surface area contributed by atoms with Crippen LogP contribution in [-0.2, 0) is 9.53 Å². The summed E-state index contributed by atoms with van der Waals surface area (Å²) in [4.78, 5) is 28.5. The molecule has 2 rings (SSSR count). The molecule has 0 saturated carbocycles. The van der Waals surface area contributed by atoms with E-state index >= 15 is 0 Å². The number of rotatable bonds is 6. The number of thiazole rings is 1. The first-order valence-corrected chi connectivity index (χ1v) is 8.00. The van der Waals surface area contributed by atoms with Gasteiger partial charge in [-0.25, -0.2) is 9.78 Å². The molecule has 0 radical (unpaired) electrons. The number of esters is 1. The standard InChI is InChI=1S/C16H18N2O4S/c1-4-21-15(20)13-10(2)17-16(23-13)18-14(19)11(3)22-12-8-6-5-7-9-12/h5-9,11H,4H2,1-3H3,(H,17,18,19). The number of ether oxygens (including phenoxy) is 2. The predicted octanol–water partition coefficient (Wildman–Crippen LogP) is 3.03. The fourth-order valence-corrected chi connectivity index (χ4v) is 2.66. The normalized spacial score (nSPS) is 11.6. The Balaban J connectivity index is 2.00. The number of carbonyl (C=O) groups is 2. The number of nitrogens with one attached hydrogen (secondary N) is 1. The Labute approximate surface area is 138 Å². The topological polar surface area (TPSA) is 77.5 Å². The van der Waals surface area contributed by atoms with Crippen molar-refractivity contribution < 1.29 is 19.1 Å². The van der Waals surface area contributed by atoms with Crippen LogP contribution in [0.5, 0.6) is 5.75 Å². The Morgan fingerprint density at radius 2 is 2.00 bits per heavy atom. The van der Waals surface area contributed by atoms with Crippen LogP contribution in [0.1, 0.15) is 29.2 Å². The number of amides is 1. The molecule has 1 unspecified atom stereocenters. The van der Waals surface area contributed by atoms with Gasteiger partial charge in [0.15, 0.2) is 11.2 Å². The van der Waals surface area contributed by atoms with Gasteiger partial charge in [0, 0.05) is 0 Å². The quantitative estimate of drug-likeness (QED) is 0.822. The van der Waals surface area contributed by atoms with Gasteiger partial charge in [0.25, 0.3) is 5.91 Å². The van der Waals surface area contributed by atoms with Gasteiger partial charge in [-0.1, -0.05) is 29.5 Å². The number of aryl methyl sites for hydroxylation is 1. The zero-order valence-corrected chi connectivity index (χ0v) is 14.0. The highest BCUT2D eigenvalue weighted by Crippen LogP contribution is 2.23. The molecule has 6 nitrogen and oxygen atoms in total. The molecule has 1 heterocycles. The van der Waals surface area contributed by atoms with Gasteiger partial charge in [0.1, 0.15) is 10.6 Å². The second kappa shape index (κ2) is 7.73. The number of para-hydroxylation sites is 1. The molecule has 122 valence electrons. The second-order valence-electron chi connectivity index (χ2n) is 4.72. The summed E-state index contributed by atoms with van der Waals surface area (Å²) in [6.07, 6.45) is -0.687. The average Bonchev–Trinajstić information content (AvgIpc) is 2.89. The van der Waals surface area contributed by atoms with Gasteiger partial charge in [0.05, 0.1) is 12.3 Å². The minimum Gasteiger partial charge on any atom is -0.481 e. The van der Waals surface area contributed by atoms with E-state index in [1.165, 1.54) is 0 Å². The SMILES string of the molecule is CCOC(=O)c1sc(NC(=O)C(C)Oc2ccccc2)nc1C. The largest absolute Gasteiger partial charge is 0.481 e. The molecule has 1 amide bonds. The van der Waals surface area contributed by atoms with Crippen LogP contribution in [0.4, 0.5) is 5.13 Å². The van der Waals surface area contributed by atoms with Crippen molar-refractivity contribution in [2.45, 2.75) is 26.9 Å². The van der Waals surface area contributed by atoms with Gasteiger partial charge >= 0.3 is 5.97 Å². The molecule has 1 aromatic carbocycles. The first-order valence-electron chi connectivity index (χ1n) is 7.18. The van der Waals surface area contributed by atoms with E-state index in [0.717, 1.165) is 11.3 Å². The molecule has 2 aromatic rings. The van der Waals surface area contributed by atoms with Crippen LogP contribution in [0.2, 0.25) is 0 Å². The molecular formula is C16H18N2O4S. The molecule has 0 fully saturated rings. The number of nitrogens with zero attached hydrogens (tertiary/aromatic N) is 1. The Hall–Kier alpha value is -2.41. The van der Waals surface area contributed by atoms with Crippen molar-refractivity contribution >= 4 is 28.3 Å². The molecule has 7 heteroatoms. The number of carbonyl (C=O) groups excluding carboxylic acids is 2. The zero-order chi connectivity index (χ0) is 16.8. The monoisotopic (exact) mass is 334 g/mol. The highest BCUT2D eigenvalue weighted by molar-refractivity contribution is 7.17. The Bertz CT molecular complexity index is 685. The molecule has 0 aliphatic carbocycles. The lowest BCUT2D eigenvalue weighted by Gasteiger charge is -2.13. The summed E-state index contributed by atoms with van der Waals surface area (Å²) >= 11 is 1.09. The minimum absolute atomic E-state index is 0.291. The number of benzene rings is 1. The average molecular weight is 334 g/mol. The Morgan fingerprint density at radius 1 is 1.30 bits per heavy atom. The van der Waals surface area contributed by atoms with Crippen molar-refractivity contribution in [2.24, 2.45) is 0 Å². The van der Waals surface area contributed by atoms with Gasteiger partial charge in [-0.05, 0) is 32.9 Å². The molecule has 0 saturated heterocycles. The summed E-state index contributed by atoms with van der Waals surface area (Å²) in [6, 6.07) is 9.07. The molecule has 1 atom stereocenters. The maximum atomic E-state index is 12.1. The second-order valence-corrected chi connectivity index (χ2v) is 5.72. The van der Waals surface area contributed by atoms with E-state index < -0.39 is 12.1 Å². The highest BCUT2D eigenvalue weighted by Gasteiger charge is 2.20. The van der Waals surface area contributed by atoms with E-state index in [0.29, 0.717) is 28.1 Å². The van der Waals surface area contributed by atoms with Gasteiger partial charge in [-0.2, -0.15) is 0 Å². The van der Waals surface area contributed by atoms with Crippen molar-refractivity contribution in [1.29, 1.82) is 0 Å². The van der Waals surface area contributed by atoms with E-state index in [9.17, 15) is 9.59 Å². The third-order valence-electron chi connectivity index (χ3n) is 2.91. The lowest BCUT2D eigenvalue weighted by molar-refractivity contribution is -0.122. The fraction of sp³-hybridized carbons (Fsp3) is 0.312. The summed E-state index contributed by atoms with van der Waals surface area (Å²) in [6.45, 7) is 5.37. The van der Waals surface area contributed by atoms with Crippen LogP contribution in [0.15, 0.2) is 30.3 Å². The minimum atomic E-state index is -0.687. The van der Waals surface area contributed by atoms with E-state index in [1.54, 1.807) is 32.9 Å². The first-order chi connectivity index (χ1) is 11.0. The fourth-order valence-electron chi connectivity index (χ4n) is 1.80. The van der Waals surface area contributed by atoms with Crippen LogP contribution in [0.3, 0.4) is 0 Å². The Morgan fingerprint density at radius 3 is 2.65 bits per heavy atom. The maximum Gasteiger partial charge on any atom is 0.350 e. The van der Waals surface area contributed by atoms with Gasteiger partial charge < -0.3 is 9.47 Å². The maximum absolute atomic E-state index is 12.1. The van der Waals surface area contributed by atoms with Crippen molar-refractivity contribution in [2.75, 3.05) is 11.9 Å². The summed E-state index contributed by atoms with van der Waals surface area (Å²) in [5, 5.41) is 3.00. The van der Waals surface area contributed by atoms with E-state index in [2.05, 4.69) is 10.3 Å². The van der Waals surface area contributed by atoms with Crippen LogP contribution in [0.25, 0.3) is 0 Å². The number of anilines is 1. The van der Waals surface area contributed by atoms with Crippen molar-refractivity contribution in [3.05, 3.63) is 40.9 Å². The lowest BCUT2D eigenvalue weighted by atomic mass is 10.3. The van der Waals surface area contributed by atoms with Crippen LogP contribution in [-0.4, -0.2) is 29.6 Å². The molecule has 1 aromatic heterocycles. The van der Waals surface area contributed by atoms with Gasteiger partial charge in [-0.3, -0.25) is 10.1 Å². The van der Waals surface area contributed by atoms with Crippen LogP contribution < -0.4 is 10.1 Å². The summed E-state index contributed by atoms with van der Waals surface area (Å²) in [7, 11) is 0. The van der Waals surface area contributed by atoms with Crippen LogP contribution in [0, 0.1) is 6.92 Å². The van der Waals surface area contributed by atoms with Crippen LogP contribution >= 0.6 is 11.3 Å². The first kappa shape index (κ1) is 17.0. The van der Waals surface area contributed by atoms with E-state index in [-0.39, 0.29) is 5.91 Å². The van der Waals surface area contributed by atoms with E-state index in [4.69, 9.17) is 9.47 Å². The van der Waals surface area contributed by atoms with Gasteiger partial charge in [0.2, 0.25) is 0 Å². The molecule has 0 aliphatic rings. The zero-order valence-electron chi connectivity index (χ0n) is 13.2. The summed E-state index contributed by atoms with van der Waals surface area (Å²) in [5.41, 5.74) is 0.528. The van der Waals surface area contributed by atoms with Gasteiger partial charge in [-0.15, -0.1) is 0 Å². The molecule has 23 heavy (non-hydrogen) atoms. The molecule has 0 spiro atoms. The number of hydrogen-bond acceptors (Lipinski definition) is 6. The predicted molar refractivity (Wildman–Crippen MR) is 88.0 cm³/mol. The highest BCUT2D eigenvalue weighted by atomic mass is 32.1. The number of aromatic nitrogens is 1. The molecule has 0 bridgehead atoms. The van der Waals surface area contributed by atoms with Crippen molar-refractivity contribution in [1.82, 2.24) is 4.98 Å². The molecule has 1 N–H and O–H groups in total. The third-order valence-corrected chi connectivity index (χ3v) is 3.97. The summed E-state index contributed by atoms with van der Waals surface area (Å²) in [5.74, 6) is -0.160. The summed E-state index contributed by atoms with van der Waals surface area (Å²) < 4.78 is 10.5. The Kier molecular flexibility index (Phi) is 5.70. The molecular weight excluding hydrogens is 316 g/mol. The van der Waals surface area contributed by atoms with Crippen molar-refractivity contribution in [3.8, 4) is 5.75 Å².